The van der Waals surface area contributed by atoms with Crippen LogP contribution in [0, 0.1) is 0 Å². The van der Waals surface area contributed by atoms with Gasteiger partial charge in [-0.05, 0) is 30.5 Å². The van der Waals surface area contributed by atoms with Crippen molar-refractivity contribution in [1.29, 1.82) is 0 Å². The molecule has 0 saturated carbocycles. The number of benzene rings is 2. The lowest BCUT2D eigenvalue weighted by Gasteiger charge is -2.40. The number of nitrogens with one attached hydrogen (secondary N) is 2. The Bertz CT molecular complexity index is 816. The first-order valence-electron chi connectivity index (χ1n) is 9.80. The number of esters is 1. The van der Waals surface area contributed by atoms with E-state index in [1.165, 1.54) is 11.6 Å². The third-order valence-corrected chi connectivity index (χ3v) is 5.07. The second-order valence-electron chi connectivity index (χ2n) is 7.18. The standard InChI is InChI=1S/C23H27N3O3/c1-2-17-29-21(27)23(25-22(28)24-20-11-7-4-8-12-20)13-15-26(16-14-23)18-19-9-5-3-6-10-19/h2-12H,1,13-18H2,(H2,24,25,28). The van der Waals surface area contributed by atoms with Crippen molar-refractivity contribution in [2.24, 2.45) is 0 Å². The Morgan fingerprint density at radius 1 is 1.03 bits per heavy atom. The molecule has 1 aliphatic rings. The fraction of sp³-hybridized carbons (Fsp3) is 0.304. The summed E-state index contributed by atoms with van der Waals surface area (Å²) in [5, 5.41) is 5.67. The van der Waals surface area contributed by atoms with E-state index in [1.807, 2.05) is 36.4 Å². The van der Waals surface area contributed by atoms with E-state index in [9.17, 15) is 9.59 Å². The van der Waals surface area contributed by atoms with Crippen molar-refractivity contribution in [3.05, 3.63) is 78.9 Å². The fourth-order valence-electron chi connectivity index (χ4n) is 3.49. The van der Waals surface area contributed by atoms with Crippen molar-refractivity contribution in [3.8, 4) is 0 Å². The number of carbonyl (C=O) groups excluding carboxylic acids is 2. The average molecular weight is 393 g/mol. The molecule has 2 amide bonds. The Morgan fingerprint density at radius 3 is 2.28 bits per heavy atom. The van der Waals surface area contributed by atoms with Gasteiger partial charge in [-0.2, -0.15) is 0 Å². The number of hydrogen-bond donors (Lipinski definition) is 2. The SMILES string of the molecule is C=CCOC(=O)C1(NC(=O)Nc2ccccc2)CCN(Cc2ccccc2)CC1. The highest BCUT2D eigenvalue weighted by Gasteiger charge is 2.44. The number of anilines is 1. The lowest BCUT2D eigenvalue weighted by Crippen LogP contribution is -2.61. The van der Waals surface area contributed by atoms with Crippen LogP contribution in [0.25, 0.3) is 0 Å². The molecule has 152 valence electrons. The van der Waals surface area contributed by atoms with Gasteiger partial charge in [-0.25, -0.2) is 9.59 Å². The molecular weight excluding hydrogens is 366 g/mol. The van der Waals surface area contributed by atoms with Crippen LogP contribution in [0.2, 0.25) is 0 Å². The normalized spacial score (nSPS) is 15.9. The number of rotatable bonds is 7. The van der Waals surface area contributed by atoms with Gasteiger partial charge in [-0.15, -0.1) is 0 Å². The molecule has 29 heavy (non-hydrogen) atoms. The van der Waals surface area contributed by atoms with Gasteiger partial charge in [0, 0.05) is 25.3 Å². The topological polar surface area (TPSA) is 70.7 Å². The smallest absolute Gasteiger partial charge is 0.332 e. The summed E-state index contributed by atoms with van der Waals surface area (Å²) in [4.78, 5) is 27.7. The number of nitrogens with zero attached hydrogens (tertiary/aromatic N) is 1. The number of para-hydroxylation sites is 1. The Balaban J connectivity index is 1.65. The summed E-state index contributed by atoms with van der Waals surface area (Å²) in [6.07, 6.45) is 2.50. The first-order valence-corrected chi connectivity index (χ1v) is 9.80. The van der Waals surface area contributed by atoms with Crippen molar-refractivity contribution in [2.75, 3.05) is 25.0 Å². The zero-order valence-corrected chi connectivity index (χ0v) is 16.5. The van der Waals surface area contributed by atoms with Crippen LogP contribution in [-0.4, -0.2) is 42.1 Å². The first-order chi connectivity index (χ1) is 14.1. The third-order valence-electron chi connectivity index (χ3n) is 5.07. The number of ether oxygens (including phenoxy) is 1. The number of hydrogen-bond acceptors (Lipinski definition) is 4. The minimum atomic E-state index is -1.05. The largest absolute Gasteiger partial charge is 0.460 e. The maximum atomic E-state index is 12.8. The van der Waals surface area contributed by atoms with Gasteiger partial charge in [0.05, 0.1) is 0 Å². The first kappa shape index (κ1) is 20.6. The zero-order chi connectivity index (χ0) is 20.5. The molecule has 1 saturated heterocycles. The molecular formula is C23H27N3O3. The minimum absolute atomic E-state index is 0.121. The maximum absolute atomic E-state index is 12.8. The molecule has 0 aliphatic carbocycles. The highest BCUT2D eigenvalue weighted by Crippen LogP contribution is 2.25. The number of amides is 2. The summed E-state index contributed by atoms with van der Waals surface area (Å²) in [5.74, 6) is -0.417. The van der Waals surface area contributed by atoms with Gasteiger partial charge in [0.15, 0.2) is 0 Å². The fourth-order valence-corrected chi connectivity index (χ4v) is 3.49. The van der Waals surface area contributed by atoms with E-state index in [-0.39, 0.29) is 6.61 Å². The van der Waals surface area contributed by atoms with E-state index in [4.69, 9.17) is 4.74 Å². The van der Waals surface area contributed by atoms with Crippen LogP contribution in [-0.2, 0) is 16.1 Å². The lowest BCUT2D eigenvalue weighted by atomic mass is 9.87. The van der Waals surface area contributed by atoms with E-state index >= 15 is 0 Å². The van der Waals surface area contributed by atoms with Gasteiger partial charge in [0.1, 0.15) is 12.1 Å². The van der Waals surface area contributed by atoms with Gasteiger partial charge in [0.25, 0.3) is 0 Å². The number of urea groups is 1. The quantitative estimate of drug-likeness (QED) is 0.557. The predicted octanol–water partition coefficient (Wildman–Crippen LogP) is 3.57. The molecule has 0 aromatic heterocycles. The van der Waals surface area contributed by atoms with Crippen LogP contribution in [0.4, 0.5) is 10.5 Å². The molecule has 3 rings (SSSR count). The molecule has 6 nitrogen and oxygen atoms in total. The Hall–Kier alpha value is -3.12. The maximum Gasteiger partial charge on any atom is 0.332 e. The van der Waals surface area contributed by atoms with E-state index in [1.54, 1.807) is 12.1 Å². The minimum Gasteiger partial charge on any atom is -0.460 e. The lowest BCUT2D eigenvalue weighted by molar-refractivity contribution is -0.152. The van der Waals surface area contributed by atoms with Gasteiger partial charge in [-0.3, -0.25) is 4.90 Å². The van der Waals surface area contributed by atoms with E-state index < -0.39 is 17.5 Å². The highest BCUT2D eigenvalue weighted by molar-refractivity contribution is 5.94. The van der Waals surface area contributed by atoms with E-state index in [0.29, 0.717) is 31.6 Å². The Labute approximate surface area is 171 Å². The van der Waals surface area contributed by atoms with Gasteiger partial charge in [0.2, 0.25) is 0 Å². The summed E-state index contributed by atoms with van der Waals surface area (Å²) in [7, 11) is 0. The molecule has 1 fully saturated rings. The average Bonchev–Trinajstić information content (AvgIpc) is 2.75. The van der Waals surface area contributed by atoms with Crippen LogP contribution in [0.3, 0.4) is 0 Å². The predicted molar refractivity (Wildman–Crippen MR) is 113 cm³/mol. The molecule has 1 aliphatic heterocycles. The Morgan fingerprint density at radius 2 is 1.66 bits per heavy atom. The Kier molecular flexibility index (Phi) is 7.03. The van der Waals surface area contributed by atoms with Gasteiger partial charge in [-0.1, -0.05) is 61.2 Å². The van der Waals surface area contributed by atoms with E-state index in [0.717, 1.165) is 6.54 Å². The second-order valence-corrected chi connectivity index (χ2v) is 7.18. The summed E-state index contributed by atoms with van der Waals surface area (Å²) >= 11 is 0. The highest BCUT2D eigenvalue weighted by atomic mass is 16.5. The van der Waals surface area contributed by atoms with Crippen molar-refractivity contribution < 1.29 is 14.3 Å². The molecule has 2 aromatic rings. The van der Waals surface area contributed by atoms with Crippen LogP contribution < -0.4 is 10.6 Å². The van der Waals surface area contributed by atoms with Crippen LogP contribution >= 0.6 is 0 Å². The molecule has 0 bridgehead atoms. The number of likely N-dealkylation sites (tertiary alicyclic amines) is 1. The zero-order valence-electron chi connectivity index (χ0n) is 16.5. The summed E-state index contributed by atoms with van der Waals surface area (Å²) in [6, 6.07) is 18.9. The molecule has 6 heteroatoms. The van der Waals surface area contributed by atoms with Crippen molar-refractivity contribution >= 4 is 17.7 Å². The molecule has 0 atom stereocenters. The summed E-state index contributed by atoms with van der Waals surface area (Å²) in [5.41, 5.74) is 0.847. The molecule has 1 heterocycles. The molecule has 0 unspecified atom stereocenters. The second kappa shape index (κ2) is 9.89. The molecule has 2 aromatic carbocycles. The molecule has 2 N–H and O–H groups in total. The molecule has 0 radical (unpaired) electrons. The van der Waals surface area contributed by atoms with Gasteiger partial charge >= 0.3 is 12.0 Å². The van der Waals surface area contributed by atoms with Gasteiger partial charge < -0.3 is 15.4 Å². The van der Waals surface area contributed by atoms with Crippen LogP contribution in [0.1, 0.15) is 18.4 Å². The van der Waals surface area contributed by atoms with Crippen LogP contribution in [0.15, 0.2) is 73.3 Å². The van der Waals surface area contributed by atoms with Crippen molar-refractivity contribution in [2.45, 2.75) is 24.9 Å². The third kappa shape index (κ3) is 5.68. The monoisotopic (exact) mass is 393 g/mol. The number of carbonyl (C=O) groups is 2. The van der Waals surface area contributed by atoms with Crippen molar-refractivity contribution in [3.63, 3.8) is 0 Å². The summed E-state index contributed by atoms with van der Waals surface area (Å²) < 4.78 is 5.32. The van der Waals surface area contributed by atoms with Crippen molar-refractivity contribution in [1.82, 2.24) is 10.2 Å². The van der Waals surface area contributed by atoms with Crippen LogP contribution in [0.5, 0.6) is 0 Å². The number of piperidine rings is 1. The summed E-state index contributed by atoms with van der Waals surface area (Å²) in [6.45, 7) is 5.90. The molecule has 0 spiro atoms. The van der Waals surface area contributed by atoms with E-state index in [2.05, 4.69) is 34.2 Å².